The largest absolute Gasteiger partial charge is 0.481 e. The van der Waals surface area contributed by atoms with Crippen molar-refractivity contribution in [1.82, 2.24) is 20.2 Å². The van der Waals surface area contributed by atoms with Gasteiger partial charge in [-0.25, -0.2) is 9.97 Å². The Kier molecular flexibility index (Phi) is 2.90. The van der Waals surface area contributed by atoms with Gasteiger partial charge in [-0.1, -0.05) is 6.92 Å². The van der Waals surface area contributed by atoms with E-state index >= 15 is 0 Å². The van der Waals surface area contributed by atoms with Crippen molar-refractivity contribution >= 4 is 22.8 Å². The van der Waals surface area contributed by atoms with Gasteiger partial charge in [-0.2, -0.15) is 5.10 Å². The van der Waals surface area contributed by atoms with Gasteiger partial charge in [0.2, 0.25) is 0 Å². The highest BCUT2D eigenvalue weighted by Gasteiger charge is 2.16. The Morgan fingerprint density at radius 1 is 1.59 bits per heavy atom. The van der Waals surface area contributed by atoms with Gasteiger partial charge in [0, 0.05) is 13.6 Å². The summed E-state index contributed by atoms with van der Waals surface area (Å²) >= 11 is 0. The van der Waals surface area contributed by atoms with Crippen LogP contribution < -0.4 is 4.90 Å². The molecule has 2 heterocycles. The molecular formula is C10H13N5O2. The fourth-order valence-corrected chi connectivity index (χ4v) is 1.63. The lowest BCUT2D eigenvalue weighted by molar-refractivity contribution is -0.140. The lowest BCUT2D eigenvalue weighted by Crippen LogP contribution is -2.29. The van der Waals surface area contributed by atoms with E-state index in [1.807, 2.05) is 0 Å². The summed E-state index contributed by atoms with van der Waals surface area (Å²) < 4.78 is 0. The van der Waals surface area contributed by atoms with Crippen LogP contribution in [0.25, 0.3) is 11.0 Å². The minimum absolute atomic E-state index is 0.382. The molecule has 0 aromatic carbocycles. The second-order valence-corrected chi connectivity index (χ2v) is 3.95. The average Bonchev–Trinajstić information content (AvgIpc) is 2.76. The minimum Gasteiger partial charge on any atom is -0.481 e. The van der Waals surface area contributed by atoms with Crippen molar-refractivity contribution in [3.05, 3.63) is 12.5 Å². The third-order valence-corrected chi connectivity index (χ3v) is 2.56. The summed E-state index contributed by atoms with van der Waals surface area (Å²) in [4.78, 5) is 20.8. The first-order valence-corrected chi connectivity index (χ1v) is 5.17. The first-order valence-electron chi connectivity index (χ1n) is 5.17. The Morgan fingerprint density at radius 2 is 2.35 bits per heavy atom. The molecule has 0 saturated carbocycles. The number of nitrogens with one attached hydrogen (secondary N) is 1. The van der Waals surface area contributed by atoms with Crippen LogP contribution >= 0.6 is 0 Å². The lowest BCUT2D eigenvalue weighted by Gasteiger charge is -2.20. The van der Waals surface area contributed by atoms with Crippen molar-refractivity contribution in [3.8, 4) is 0 Å². The van der Waals surface area contributed by atoms with Gasteiger partial charge < -0.3 is 10.0 Å². The van der Waals surface area contributed by atoms with Crippen LogP contribution in [0, 0.1) is 5.92 Å². The lowest BCUT2D eigenvalue weighted by atomic mass is 10.2. The molecule has 0 amide bonds. The molecule has 0 fully saturated rings. The number of hydrogen-bond acceptors (Lipinski definition) is 5. The minimum atomic E-state index is -0.825. The number of aliphatic carboxylic acids is 1. The third-order valence-electron chi connectivity index (χ3n) is 2.56. The van der Waals surface area contributed by atoms with Crippen molar-refractivity contribution in [2.75, 3.05) is 18.5 Å². The normalized spacial score (nSPS) is 12.6. The number of H-pyrrole nitrogens is 1. The number of fused-ring (bicyclic) bond motifs is 1. The Hall–Kier alpha value is -2.18. The molecule has 0 radical (unpaired) electrons. The maximum atomic E-state index is 10.8. The highest BCUT2D eigenvalue weighted by Crippen LogP contribution is 2.20. The van der Waals surface area contributed by atoms with Crippen LogP contribution in [-0.2, 0) is 4.79 Å². The van der Waals surface area contributed by atoms with Gasteiger partial charge >= 0.3 is 5.97 Å². The number of rotatable bonds is 4. The van der Waals surface area contributed by atoms with Crippen LogP contribution in [0.15, 0.2) is 12.5 Å². The molecule has 2 N–H and O–H groups in total. The monoisotopic (exact) mass is 235 g/mol. The number of hydrogen-bond donors (Lipinski definition) is 2. The van der Waals surface area contributed by atoms with Gasteiger partial charge in [0.15, 0.2) is 5.65 Å². The van der Waals surface area contributed by atoms with Crippen LogP contribution in [-0.4, -0.2) is 44.8 Å². The summed E-state index contributed by atoms with van der Waals surface area (Å²) in [7, 11) is 1.80. The van der Waals surface area contributed by atoms with E-state index in [0.717, 1.165) is 5.39 Å². The van der Waals surface area contributed by atoms with Gasteiger partial charge in [-0.3, -0.25) is 9.89 Å². The molecule has 90 valence electrons. The number of carboxylic acid groups (broad SMARTS) is 1. The molecular weight excluding hydrogens is 222 g/mol. The van der Waals surface area contributed by atoms with Crippen LogP contribution in [0.1, 0.15) is 6.92 Å². The van der Waals surface area contributed by atoms with Crippen LogP contribution in [0.4, 0.5) is 5.82 Å². The topological polar surface area (TPSA) is 95.0 Å². The molecule has 0 bridgehead atoms. The molecule has 2 aromatic heterocycles. The number of nitrogens with zero attached hydrogens (tertiary/aromatic N) is 4. The average molecular weight is 235 g/mol. The fraction of sp³-hybridized carbons (Fsp3) is 0.400. The van der Waals surface area contributed by atoms with E-state index < -0.39 is 11.9 Å². The van der Waals surface area contributed by atoms with Crippen molar-refractivity contribution in [2.24, 2.45) is 5.92 Å². The number of carboxylic acids is 1. The predicted molar refractivity (Wildman–Crippen MR) is 61.8 cm³/mol. The SMILES string of the molecule is CC(CN(C)c1ncnc2[nH]ncc12)C(=O)O. The van der Waals surface area contributed by atoms with Gasteiger partial charge in [-0.05, 0) is 0 Å². The van der Waals surface area contributed by atoms with Crippen molar-refractivity contribution in [3.63, 3.8) is 0 Å². The number of aromatic nitrogens is 4. The Labute approximate surface area is 97.5 Å². The number of anilines is 1. The van der Waals surface area contributed by atoms with Crippen molar-refractivity contribution in [1.29, 1.82) is 0 Å². The summed E-state index contributed by atoms with van der Waals surface area (Å²) in [5.41, 5.74) is 0.643. The first-order chi connectivity index (χ1) is 8.09. The first kappa shape index (κ1) is 11.3. The molecule has 7 nitrogen and oxygen atoms in total. The zero-order valence-electron chi connectivity index (χ0n) is 9.58. The standard InChI is InChI=1S/C10H13N5O2/c1-6(10(16)17)4-15(2)9-7-3-13-14-8(7)11-5-12-9/h3,5-6H,4H2,1-2H3,(H,16,17)(H,11,12,13,14). The zero-order valence-corrected chi connectivity index (χ0v) is 9.58. The molecule has 7 heteroatoms. The summed E-state index contributed by atoms with van der Waals surface area (Å²) in [6, 6.07) is 0. The summed E-state index contributed by atoms with van der Waals surface area (Å²) in [5, 5.41) is 16.3. The second kappa shape index (κ2) is 4.36. The summed E-state index contributed by atoms with van der Waals surface area (Å²) in [6.07, 6.45) is 3.06. The molecule has 2 aromatic rings. The molecule has 1 atom stereocenters. The molecule has 17 heavy (non-hydrogen) atoms. The number of carbonyl (C=O) groups is 1. The van der Waals surface area contributed by atoms with E-state index in [1.54, 1.807) is 25.1 Å². The number of aromatic amines is 1. The van der Waals surface area contributed by atoms with Gasteiger partial charge in [-0.15, -0.1) is 0 Å². The van der Waals surface area contributed by atoms with Crippen molar-refractivity contribution in [2.45, 2.75) is 6.92 Å². The van der Waals surface area contributed by atoms with E-state index in [4.69, 9.17) is 5.11 Å². The quantitative estimate of drug-likeness (QED) is 0.801. The molecule has 1 unspecified atom stereocenters. The predicted octanol–water partition coefficient (Wildman–Crippen LogP) is 0.510. The molecule has 2 rings (SSSR count). The Morgan fingerprint density at radius 3 is 3.06 bits per heavy atom. The maximum Gasteiger partial charge on any atom is 0.308 e. The zero-order chi connectivity index (χ0) is 12.4. The molecule has 0 aliphatic heterocycles. The van der Waals surface area contributed by atoms with E-state index in [1.165, 1.54) is 6.33 Å². The van der Waals surface area contributed by atoms with Gasteiger partial charge in [0.25, 0.3) is 0 Å². The van der Waals surface area contributed by atoms with Crippen molar-refractivity contribution < 1.29 is 9.90 Å². The molecule has 0 spiro atoms. The summed E-state index contributed by atoms with van der Waals surface area (Å²) in [5.74, 6) is -0.608. The van der Waals surface area contributed by atoms with Crippen LogP contribution in [0.3, 0.4) is 0 Å². The second-order valence-electron chi connectivity index (χ2n) is 3.95. The maximum absolute atomic E-state index is 10.8. The Balaban J connectivity index is 2.27. The van der Waals surface area contributed by atoms with Gasteiger partial charge in [0.05, 0.1) is 17.5 Å². The van der Waals surface area contributed by atoms with E-state index in [2.05, 4.69) is 20.2 Å². The highest BCUT2D eigenvalue weighted by atomic mass is 16.4. The van der Waals surface area contributed by atoms with Gasteiger partial charge in [0.1, 0.15) is 12.1 Å². The van der Waals surface area contributed by atoms with E-state index in [0.29, 0.717) is 18.0 Å². The smallest absolute Gasteiger partial charge is 0.308 e. The van der Waals surface area contributed by atoms with Crippen LogP contribution in [0.2, 0.25) is 0 Å². The molecule has 0 saturated heterocycles. The van der Waals surface area contributed by atoms with Crippen LogP contribution in [0.5, 0.6) is 0 Å². The summed E-state index contributed by atoms with van der Waals surface area (Å²) in [6.45, 7) is 2.04. The third kappa shape index (κ3) is 2.17. The molecule has 0 aliphatic carbocycles. The highest BCUT2D eigenvalue weighted by molar-refractivity contribution is 5.86. The fourth-order valence-electron chi connectivity index (χ4n) is 1.63. The molecule has 0 aliphatic rings. The van der Waals surface area contributed by atoms with E-state index in [-0.39, 0.29) is 0 Å². The Bertz CT molecular complexity index is 538. The van der Waals surface area contributed by atoms with E-state index in [9.17, 15) is 4.79 Å².